The number of hydrogen-bond acceptors (Lipinski definition) is 5. The maximum atomic E-state index is 12.3. The van der Waals surface area contributed by atoms with Crippen LogP contribution in [0.25, 0.3) is 0 Å². The van der Waals surface area contributed by atoms with E-state index in [1.807, 2.05) is 12.1 Å². The van der Waals surface area contributed by atoms with Gasteiger partial charge in [-0.15, -0.1) is 11.8 Å². The summed E-state index contributed by atoms with van der Waals surface area (Å²) in [6.07, 6.45) is 0. The maximum absolute atomic E-state index is 12.3. The van der Waals surface area contributed by atoms with E-state index < -0.39 is 4.92 Å². The van der Waals surface area contributed by atoms with Crippen molar-refractivity contribution in [2.75, 3.05) is 17.8 Å². The molecule has 0 spiro atoms. The van der Waals surface area contributed by atoms with Crippen molar-refractivity contribution in [3.05, 3.63) is 64.2 Å². The first-order valence-corrected chi connectivity index (χ1v) is 7.97. The lowest BCUT2D eigenvalue weighted by Crippen LogP contribution is -2.27. The van der Waals surface area contributed by atoms with Crippen LogP contribution in [0.2, 0.25) is 0 Å². The normalized spacial score (nSPS) is 17.3. The van der Waals surface area contributed by atoms with E-state index in [1.165, 1.54) is 23.9 Å². The van der Waals surface area contributed by atoms with Crippen molar-refractivity contribution in [1.29, 1.82) is 0 Å². The minimum atomic E-state index is -0.433. The number of nitro groups is 1. The Labute approximate surface area is 137 Å². The Bertz CT molecular complexity index is 731. The van der Waals surface area contributed by atoms with Gasteiger partial charge in [0.15, 0.2) is 0 Å². The predicted molar refractivity (Wildman–Crippen MR) is 88.8 cm³/mol. The molecule has 23 heavy (non-hydrogen) atoms. The van der Waals surface area contributed by atoms with Crippen molar-refractivity contribution < 1.29 is 14.5 Å². The number of non-ortho nitro benzene ring substituents is 1. The molecule has 0 bridgehead atoms. The summed E-state index contributed by atoms with van der Waals surface area (Å²) in [7, 11) is 1.59. The smallest absolute Gasteiger partial charge is 0.269 e. The van der Waals surface area contributed by atoms with Crippen LogP contribution in [0.4, 0.5) is 11.4 Å². The average Bonchev–Trinajstić information content (AvgIpc) is 2.96. The number of amides is 1. The summed E-state index contributed by atoms with van der Waals surface area (Å²) in [5.74, 6) is 1.12. The highest BCUT2D eigenvalue weighted by Crippen LogP contribution is 2.42. The first-order valence-electron chi connectivity index (χ1n) is 6.92. The van der Waals surface area contributed by atoms with Gasteiger partial charge in [-0.3, -0.25) is 19.8 Å². The molecule has 6 nitrogen and oxygen atoms in total. The van der Waals surface area contributed by atoms with E-state index in [1.54, 1.807) is 36.3 Å². The van der Waals surface area contributed by atoms with Crippen LogP contribution in [-0.4, -0.2) is 23.7 Å². The highest BCUT2D eigenvalue weighted by atomic mass is 32.2. The van der Waals surface area contributed by atoms with Gasteiger partial charge in [-0.1, -0.05) is 0 Å². The van der Waals surface area contributed by atoms with Crippen LogP contribution in [0.1, 0.15) is 10.9 Å². The standard InChI is InChI=1S/C16H14N2O4S/c1-22-14-8-6-12(7-9-14)17-15(19)10-23-16(17)11-2-4-13(5-3-11)18(20)21/h2-9,16H,10H2,1H3. The second kappa shape index (κ2) is 6.29. The Hall–Kier alpha value is -2.54. The fourth-order valence-electron chi connectivity index (χ4n) is 2.45. The Morgan fingerprint density at radius 1 is 1.17 bits per heavy atom. The van der Waals surface area contributed by atoms with Gasteiger partial charge in [0.05, 0.1) is 17.8 Å². The molecule has 0 radical (unpaired) electrons. The van der Waals surface area contributed by atoms with E-state index in [2.05, 4.69) is 0 Å². The Kier molecular flexibility index (Phi) is 4.20. The first kappa shape index (κ1) is 15.4. The first-order chi connectivity index (χ1) is 11.1. The zero-order chi connectivity index (χ0) is 16.4. The number of thioether (sulfide) groups is 1. The maximum Gasteiger partial charge on any atom is 0.269 e. The summed E-state index contributed by atoms with van der Waals surface area (Å²) in [6.45, 7) is 0. The molecule has 118 valence electrons. The van der Waals surface area contributed by atoms with Crippen LogP contribution in [0.3, 0.4) is 0 Å². The minimum Gasteiger partial charge on any atom is -0.497 e. The molecule has 0 saturated carbocycles. The number of anilines is 1. The van der Waals surface area contributed by atoms with Crippen LogP contribution < -0.4 is 9.64 Å². The number of rotatable bonds is 4. The third-order valence-corrected chi connectivity index (χ3v) is 4.82. The van der Waals surface area contributed by atoms with E-state index in [-0.39, 0.29) is 17.0 Å². The number of carbonyl (C=O) groups excluding carboxylic acids is 1. The molecule has 2 aromatic rings. The minimum absolute atomic E-state index is 0.0171. The topological polar surface area (TPSA) is 72.7 Å². The van der Waals surface area contributed by atoms with Crippen molar-refractivity contribution in [3.63, 3.8) is 0 Å². The van der Waals surface area contributed by atoms with E-state index in [4.69, 9.17) is 4.74 Å². The average molecular weight is 330 g/mol. The van der Waals surface area contributed by atoms with E-state index >= 15 is 0 Å². The lowest BCUT2D eigenvalue weighted by molar-refractivity contribution is -0.384. The second-order valence-corrected chi connectivity index (χ2v) is 6.04. The number of benzene rings is 2. The molecule has 1 aliphatic heterocycles. The van der Waals surface area contributed by atoms with E-state index in [9.17, 15) is 14.9 Å². The zero-order valence-electron chi connectivity index (χ0n) is 12.3. The molecule has 1 heterocycles. The van der Waals surface area contributed by atoms with Gasteiger partial charge in [0, 0.05) is 17.8 Å². The van der Waals surface area contributed by atoms with Crippen molar-refractivity contribution in [2.45, 2.75) is 5.37 Å². The molecule has 0 aromatic heterocycles. The number of carbonyl (C=O) groups is 1. The molecule has 7 heteroatoms. The van der Waals surface area contributed by atoms with Crippen LogP contribution in [0, 0.1) is 10.1 Å². The summed E-state index contributed by atoms with van der Waals surface area (Å²) in [6, 6.07) is 13.6. The third kappa shape index (κ3) is 3.00. The van der Waals surface area contributed by atoms with Gasteiger partial charge in [0.1, 0.15) is 11.1 Å². The van der Waals surface area contributed by atoms with Gasteiger partial charge in [0.2, 0.25) is 5.91 Å². The van der Waals surface area contributed by atoms with Crippen molar-refractivity contribution in [1.82, 2.24) is 0 Å². The highest BCUT2D eigenvalue weighted by Gasteiger charge is 2.34. The lowest BCUT2D eigenvalue weighted by atomic mass is 10.1. The molecule has 1 saturated heterocycles. The number of hydrogen-bond donors (Lipinski definition) is 0. The summed E-state index contributed by atoms with van der Waals surface area (Å²) in [5.41, 5.74) is 1.69. The monoisotopic (exact) mass is 330 g/mol. The van der Waals surface area contributed by atoms with Crippen molar-refractivity contribution in [3.8, 4) is 5.75 Å². The molecule has 0 N–H and O–H groups in total. The predicted octanol–water partition coefficient (Wildman–Crippen LogP) is 3.38. The van der Waals surface area contributed by atoms with Gasteiger partial charge in [-0.25, -0.2) is 0 Å². The summed E-state index contributed by atoms with van der Waals surface area (Å²) in [5, 5.41) is 10.6. The summed E-state index contributed by atoms with van der Waals surface area (Å²) >= 11 is 1.51. The van der Waals surface area contributed by atoms with E-state index in [0.29, 0.717) is 5.75 Å². The largest absolute Gasteiger partial charge is 0.497 e. The Morgan fingerprint density at radius 2 is 1.83 bits per heavy atom. The molecule has 0 aliphatic carbocycles. The molecule has 1 unspecified atom stereocenters. The van der Waals surface area contributed by atoms with E-state index in [0.717, 1.165) is 17.0 Å². The van der Waals surface area contributed by atoms with Crippen LogP contribution in [0.5, 0.6) is 5.75 Å². The molecular formula is C16H14N2O4S. The fraction of sp³-hybridized carbons (Fsp3) is 0.188. The van der Waals surface area contributed by atoms with Gasteiger partial charge in [0.25, 0.3) is 5.69 Å². The van der Waals surface area contributed by atoms with Crippen LogP contribution in [-0.2, 0) is 4.79 Å². The molecular weight excluding hydrogens is 316 g/mol. The quantitative estimate of drug-likeness (QED) is 0.635. The molecule has 3 rings (SSSR count). The fourth-order valence-corrected chi connectivity index (χ4v) is 3.63. The van der Waals surface area contributed by atoms with Gasteiger partial charge < -0.3 is 4.74 Å². The second-order valence-electron chi connectivity index (χ2n) is 4.97. The van der Waals surface area contributed by atoms with Crippen molar-refractivity contribution >= 4 is 29.0 Å². The SMILES string of the molecule is COc1ccc(N2C(=O)CSC2c2ccc([N+](=O)[O-])cc2)cc1. The molecule has 1 aliphatic rings. The zero-order valence-corrected chi connectivity index (χ0v) is 13.2. The van der Waals surface area contributed by atoms with Crippen LogP contribution in [0.15, 0.2) is 48.5 Å². The highest BCUT2D eigenvalue weighted by molar-refractivity contribution is 8.00. The summed E-state index contributed by atoms with van der Waals surface area (Å²) in [4.78, 5) is 24.3. The lowest BCUT2D eigenvalue weighted by Gasteiger charge is -2.24. The van der Waals surface area contributed by atoms with Gasteiger partial charge >= 0.3 is 0 Å². The number of ether oxygens (including phenoxy) is 1. The van der Waals surface area contributed by atoms with Crippen molar-refractivity contribution in [2.24, 2.45) is 0 Å². The number of methoxy groups -OCH3 is 1. The van der Waals surface area contributed by atoms with Gasteiger partial charge in [-0.05, 0) is 42.0 Å². The number of nitrogens with zero attached hydrogens (tertiary/aromatic N) is 2. The molecule has 1 fully saturated rings. The third-order valence-electron chi connectivity index (χ3n) is 3.61. The molecule has 1 amide bonds. The van der Waals surface area contributed by atoms with Crippen LogP contribution >= 0.6 is 11.8 Å². The number of nitro benzene ring substituents is 1. The van der Waals surface area contributed by atoms with Gasteiger partial charge in [-0.2, -0.15) is 0 Å². The Morgan fingerprint density at radius 3 is 2.39 bits per heavy atom. The molecule has 1 atom stereocenters. The molecule has 2 aromatic carbocycles. The summed E-state index contributed by atoms with van der Waals surface area (Å²) < 4.78 is 5.13. The Balaban J connectivity index is 1.91.